The molecule has 1 unspecified atom stereocenters. The van der Waals surface area contributed by atoms with Gasteiger partial charge in [0, 0.05) is 25.5 Å². The van der Waals surface area contributed by atoms with Crippen molar-refractivity contribution in [1.29, 1.82) is 0 Å². The number of carbonyl (C=O) groups is 1. The van der Waals surface area contributed by atoms with Gasteiger partial charge in [-0.15, -0.1) is 0 Å². The highest BCUT2D eigenvalue weighted by molar-refractivity contribution is 6.37. The van der Waals surface area contributed by atoms with Crippen molar-refractivity contribution >= 4 is 34.9 Å². The molecule has 0 saturated heterocycles. The van der Waals surface area contributed by atoms with E-state index in [1.165, 1.54) is 30.5 Å². The van der Waals surface area contributed by atoms with Crippen LogP contribution in [0.25, 0.3) is 5.95 Å². The van der Waals surface area contributed by atoms with Gasteiger partial charge in [0.1, 0.15) is 12.1 Å². The topological polar surface area (TPSA) is 98.1 Å². The molecule has 0 radical (unpaired) electrons. The van der Waals surface area contributed by atoms with Gasteiger partial charge < -0.3 is 10.1 Å². The molecular weight excluding hydrogens is 493 g/mol. The van der Waals surface area contributed by atoms with Crippen LogP contribution < -0.4 is 15.0 Å². The molecule has 2 amide bonds. The molecule has 3 rings (SSSR count). The van der Waals surface area contributed by atoms with Crippen LogP contribution >= 0.6 is 23.2 Å². The molecule has 9 nitrogen and oxygen atoms in total. The predicted octanol–water partition coefficient (Wildman–Crippen LogP) is 4.51. The molecule has 0 aliphatic heterocycles. The van der Waals surface area contributed by atoms with Crippen molar-refractivity contribution < 1.29 is 27.1 Å². The lowest BCUT2D eigenvalue weighted by Gasteiger charge is -2.24. The van der Waals surface area contributed by atoms with E-state index >= 15 is 0 Å². The van der Waals surface area contributed by atoms with Crippen LogP contribution in [0.15, 0.2) is 36.9 Å². The molecule has 3 aromatic rings. The molecule has 1 N–H and O–H groups in total. The Labute approximate surface area is 194 Å². The molecular formula is C18H15Cl2F4N7O2. The lowest BCUT2D eigenvalue weighted by atomic mass is 10.2. The van der Waals surface area contributed by atoms with Crippen LogP contribution in [0.2, 0.25) is 10.0 Å². The van der Waals surface area contributed by atoms with Gasteiger partial charge in [-0.25, -0.2) is 19.7 Å². The van der Waals surface area contributed by atoms with E-state index < -0.39 is 35.4 Å². The molecule has 33 heavy (non-hydrogen) atoms. The number of nitrogens with one attached hydrogen (secondary N) is 1. The Morgan fingerprint density at radius 2 is 1.85 bits per heavy atom. The van der Waals surface area contributed by atoms with Crippen molar-refractivity contribution in [1.82, 2.24) is 30.0 Å². The first-order valence-corrected chi connectivity index (χ1v) is 9.82. The third-order valence-electron chi connectivity index (χ3n) is 4.21. The molecule has 0 aliphatic carbocycles. The first-order valence-electron chi connectivity index (χ1n) is 9.06. The number of anilines is 1. The molecule has 176 valence electrons. The van der Waals surface area contributed by atoms with E-state index in [1.54, 1.807) is 13.0 Å². The quantitative estimate of drug-likeness (QED) is 0.472. The summed E-state index contributed by atoms with van der Waals surface area (Å²) in [6.45, 7) is 1.61. The van der Waals surface area contributed by atoms with Gasteiger partial charge in [-0.05, 0) is 19.1 Å². The van der Waals surface area contributed by atoms with Crippen molar-refractivity contribution in [3.05, 3.63) is 52.8 Å². The smallest absolute Gasteiger partial charge is 0.427 e. The first kappa shape index (κ1) is 24.5. The SMILES string of the molecule is CC(NC(=O)N(C)c1cc(OC(F)(F)C(F)F)c(Cl)cc1Cl)c1ncnn1-c1ncccn1. The number of halogens is 6. The number of benzene rings is 1. The van der Waals surface area contributed by atoms with Crippen molar-refractivity contribution in [2.45, 2.75) is 25.5 Å². The summed E-state index contributed by atoms with van der Waals surface area (Å²) in [6, 6.07) is 2.01. The minimum Gasteiger partial charge on any atom is -0.427 e. The van der Waals surface area contributed by atoms with Crippen molar-refractivity contribution in [3.63, 3.8) is 0 Å². The minimum absolute atomic E-state index is 0.112. The Kier molecular flexibility index (Phi) is 7.22. The Morgan fingerprint density at radius 1 is 1.18 bits per heavy atom. The van der Waals surface area contributed by atoms with Gasteiger partial charge in [0.05, 0.1) is 21.8 Å². The Morgan fingerprint density at radius 3 is 2.48 bits per heavy atom. The largest absolute Gasteiger partial charge is 0.461 e. The summed E-state index contributed by atoms with van der Waals surface area (Å²) in [7, 11) is 1.28. The van der Waals surface area contributed by atoms with E-state index in [0.717, 1.165) is 17.0 Å². The van der Waals surface area contributed by atoms with Gasteiger partial charge in [0.2, 0.25) is 0 Å². The highest BCUT2D eigenvalue weighted by atomic mass is 35.5. The van der Waals surface area contributed by atoms with Crippen molar-refractivity contribution in [2.24, 2.45) is 0 Å². The molecule has 1 aromatic carbocycles. The Balaban J connectivity index is 1.81. The number of urea groups is 1. The number of rotatable bonds is 7. The second-order valence-corrected chi connectivity index (χ2v) is 7.32. The summed E-state index contributed by atoms with van der Waals surface area (Å²) >= 11 is 11.9. The molecule has 0 spiro atoms. The highest BCUT2D eigenvalue weighted by Gasteiger charge is 2.44. The normalized spacial score (nSPS) is 12.5. The van der Waals surface area contributed by atoms with Crippen LogP contribution in [0, 0.1) is 0 Å². The first-order chi connectivity index (χ1) is 15.5. The fraction of sp³-hybridized carbons (Fsp3) is 0.278. The average Bonchev–Trinajstić information content (AvgIpc) is 3.25. The number of nitrogens with zero attached hydrogens (tertiary/aromatic N) is 6. The molecule has 15 heteroatoms. The Hall–Kier alpha value is -3.19. The third-order valence-corrected chi connectivity index (χ3v) is 4.81. The van der Waals surface area contributed by atoms with Crippen LogP contribution in [0.3, 0.4) is 0 Å². The maximum atomic E-state index is 13.3. The highest BCUT2D eigenvalue weighted by Crippen LogP contribution is 2.39. The van der Waals surface area contributed by atoms with Gasteiger partial charge in [-0.1, -0.05) is 23.2 Å². The van der Waals surface area contributed by atoms with Crippen LogP contribution in [-0.4, -0.2) is 50.3 Å². The zero-order valence-corrected chi connectivity index (χ0v) is 18.4. The Bertz CT molecular complexity index is 1130. The summed E-state index contributed by atoms with van der Waals surface area (Å²) in [6.07, 6.45) is -4.63. The van der Waals surface area contributed by atoms with Gasteiger partial charge in [0.25, 0.3) is 5.95 Å². The van der Waals surface area contributed by atoms with Crippen LogP contribution in [-0.2, 0) is 0 Å². The van der Waals surface area contributed by atoms with Crippen LogP contribution in [0.4, 0.5) is 28.0 Å². The summed E-state index contributed by atoms with van der Waals surface area (Å²) in [4.78, 5) is 26.0. The van der Waals surface area contributed by atoms with Gasteiger partial charge in [-0.2, -0.15) is 27.3 Å². The van der Waals surface area contributed by atoms with Crippen molar-refractivity contribution in [2.75, 3.05) is 11.9 Å². The maximum absolute atomic E-state index is 13.3. The van der Waals surface area contributed by atoms with E-state index in [1.807, 2.05) is 0 Å². The molecule has 0 bridgehead atoms. The van der Waals surface area contributed by atoms with Gasteiger partial charge in [0.15, 0.2) is 5.82 Å². The second-order valence-electron chi connectivity index (χ2n) is 6.51. The number of carbonyl (C=O) groups excluding carboxylic acids is 1. The lowest BCUT2D eigenvalue weighted by molar-refractivity contribution is -0.253. The van der Waals surface area contributed by atoms with Crippen LogP contribution in [0.1, 0.15) is 18.8 Å². The van der Waals surface area contributed by atoms with E-state index in [2.05, 4.69) is 30.1 Å². The standard InChI is InChI=1S/C18H15Cl2F4N7O2/c1-9(14-27-8-28-31(14)16-25-4-3-5-26-16)29-17(32)30(2)12-7-13(11(20)6-10(12)19)33-18(23,24)15(21)22/h3-9,15H,1-2H3,(H,29,32). The fourth-order valence-corrected chi connectivity index (χ4v) is 3.15. The van der Waals surface area contributed by atoms with E-state index in [9.17, 15) is 22.4 Å². The number of hydrogen-bond acceptors (Lipinski definition) is 6. The zero-order chi connectivity index (χ0) is 24.3. The minimum atomic E-state index is -4.80. The molecule has 0 aliphatic rings. The molecule has 2 heterocycles. The molecule has 2 aromatic heterocycles. The monoisotopic (exact) mass is 507 g/mol. The molecule has 0 fully saturated rings. The summed E-state index contributed by atoms with van der Waals surface area (Å²) in [5.41, 5.74) is -0.126. The van der Waals surface area contributed by atoms with E-state index in [4.69, 9.17) is 23.2 Å². The number of amides is 2. The number of alkyl halides is 4. The van der Waals surface area contributed by atoms with Crippen LogP contribution in [0.5, 0.6) is 5.75 Å². The number of hydrogen-bond donors (Lipinski definition) is 1. The number of ether oxygens (including phenoxy) is 1. The fourth-order valence-electron chi connectivity index (χ4n) is 2.60. The van der Waals surface area contributed by atoms with Crippen molar-refractivity contribution in [3.8, 4) is 11.7 Å². The summed E-state index contributed by atoms with van der Waals surface area (Å²) in [5.74, 6) is -0.261. The molecule has 1 atom stereocenters. The second kappa shape index (κ2) is 9.75. The third kappa shape index (κ3) is 5.42. The van der Waals surface area contributed by atoms with E-state index in [-0.39, 0.29) is 16.7 Å². The lowest BCUT2D eigenvalue weighted by Crippen LogP contribution is -2.39. The molecule has 0 saturated carbocycles. The van der Waals surface area contributed by atoms with Gasteiger partial charge >= 0.3 is 18.6 Å². The van der Waals surface area contributed by atoms with Gasteiger partial charge in [-0.3, -0.25) is 4.90 Å². The zero-order valence-electron chi connectivity index (χ0n) is 16.9. The maximum Gasteiger partial charge on any atom is 0.461 e. The summed E-state index contributed by atoms with van der Waals surface area (Å²) < 4.78 is 57.0. The number of aromatic nitrogens is 5. The predicted molar refractivity (Wildman–Crippen MR) is 110 cm³/mol. The average molecular weight is 508 g/mol. The summed E-state index contributed by atoms with van der Waals surface area (Å²) in [5, 5.41) is 6.10. The van der Waals surface area contributed by atoms with E-state index in [0.29, 0.717) is 5.82 Å².